The van der Waals surface area contributed by atoms with E-state index >= 15 is 0 Å². The van der Waals surface area contributed by atoms with Crippen LogP contribution in [0.4, 0.5) is 10.1 Å². The highest BCUT2D eigenvalue weighted by Crippen LogP contribution is 2.22. The van der Waals surface area contributed by atoms with Crippen LogP contribution in [0.15, 0.2) is 53.4 Å². The van der Waals surface area contributed by atoms with Gasteiger partial charge in [-0.2, -0.15) is 0 Å². The Kier molecular flexibility index (Phi) is 8.04. The second kappa shape index (κ2) is 10.7. The van der Waals surface area contributed by atoms with Crippen LogP contribution < -0.4 is 9.62 Å². The molecule has 2 N–H and O–H groups in total. The summed E-state index contributed by atoms with van der Waals surface area (Å²) in [6.07, 6.45) is 10.00. The first-order valence-electron chi connectivity index (χ1n) is 10.8. The number of likely N-dealkylation sites (N-methyl/N-ethyl adjacent to an activating group) is 1. The number of hydrogen-bond acceptors (Lipinski definition) is 4. The Bertz CT molecular complexity index is 1060. The van der Waals surface area contributed by atoms with Crippen LogP contribution in [-0.4, -0.2) is 32.5 Å². The van der Waals surface area contributed by atoms with E-state index in [4.69, 9.17) is 0 Å². The van der Waals surface area contributed by atoms with Crippen molar-refractivity contribution in [3.63, 3.8) is 0 Å². The number of amides is 1. The summed E-state index contributed by atoms with van der Waals surface area (Å²) >= 11 is 0. The zero-order valence-corrected chi connectivity index (χ0v) is 18.9. The first kappa shape index (κ1) is 23.9. The number of halogens is 1. The number of benzene rings is 2. The minimum Gasteiger partial charge on any atom is -0.505 e. The maximum Gasteiger partial charge on any atom is 0.250 e. The van der Waals surface area contributed by atoms with Gasteiger partial charge in [-0.05, 0) is 60.9 Å². The molecule has 32 heavy (non-hydrogen) atoms. The fourth-order valence-electron chi connectivity index (χ4n) is 3.74. The Morgan fingerprint density at radius 2 is 1.69 bits per heavy atom. The molecule has 1 saturated carbocycles. The highest BCUT2D eigenvalue weighted by atomic mass is 32.2. The maximum atomic E-state index is 13.4. The lowest BCUT2D eigenvalue weighted by Crippen LogP contribution is -2.35. The van der Waals surface area contributed by atoms with E-state index in [0.717, 1.165) is 44.6 Å². The molecule has 0 unspecified atom stereocenters. The summed E-state index contributed by atoms with van der Waals surface area (Å²) in [6, 6.07) is 9.93. The number of carbonyl (C=O) groups is 1. The summed E-state index contributed by atoms with van der Waals surface area (Å²) < 4.78 is 41.8. The fraction of sp³-hybridized carbons (Fsp3) is 0.375. The van der Waals surface area contributed by atoms with E-state index in [1.165, 1.54) is 47.7 Å². The topological polar surface area (TPSA) is 86.7 Å². The molecule has 1 fully saturated rings. The van der Waals surface area contributed by atoms with Crippen molar-refractivity contribution in [3.05, 3.63) is 59.9 Å². The lowest BCUT2D eigenvalue weighted by atomic mass is 9.97. The number of rotatable bonds is 6. The minimum absolute atomic E-state index is 0.0425. The first-order valence-corrected chi connectivity index (χ1v) is 12.3. The van der Waals surface area contributed by atoms with Gasteiger partial charge in [0.1, 0.15) is 0 Å². The summed E-state index contributed by atoms with van der Waals surface area (Å²) in [7, 11) is -2.06. The van der Waals surface area contributed by atoms with Crippen LogP contribution in [0.25, 0.3) is 6.08 Å². The monoisotopic (exact) mass is 460 g/mol. The highest BCUT2D eigenvalue weighted by Gasteiger charge is 2.21. The summed E-state index contributed by atoms with van der Waals surface area (Å²) in [5.41, 5.74) is 0.963. The van der Waals surface area contributed by atoms with Gasteiger partial charge in [-0.3, -0.25) is 4.79 Å². The Morgan fingerprint density at radius 1 is 1.06 bits per heavy atom. The van der Waals surface area contributed by atoms with Gasteiger partial charge in [0.25, 0.3) is 5.91 Å². The van der Waals surface area contributed by atoms with Crippen LogP contribution in [0, 0.1) is 5.82 Å². The molecule has 1 amide bonds. The van der Waals surface area contributed by atoms with Crippen molar-refractivity contribution < 1.29 is 22.7 Å². The van der Waals surface area contributed by atoms with E-state index in [1.54, 1.807) is 19.2 Å². The second-order valence-electron chi connectivity index (χ2n) is 8.10. The van der Waals surface area contributed by atoms with Gasteiger partial charge < -0.3 is 10.0 Å². The summed E-state index contributed by atoms with van der Waals surface area (Å²) in [6.45, 7) is 0. The Labute approximate surface area is 188 Å². The smallest absolute Gasteiger partial charge is 0.250 e. The van der Waals surface area contributed by atoms with Crippen molar-refractivity contribution >= 4 is 27.7 Å². The first-order chi connectivity index (χ1) is 15.3. The third-order valence-electron chi connectivity index (χ3n) is 5.68. The molecule has 1 aliphatic carbocycles. The molecule has 3 rings (SSSR count). The summed E-state index contributed by atoms with van der Waals surface area (Å²) in [5, 5.41) is 9.23. The van der Waals surface area contributed by atoms with Crippen molar-refractivity contribution in [2.45, 2.75) is 55.9 Å². The van der Waals surface area contributed by atoms with Crippen molar-refractivity contribution in [1.82, 2.24) is 4.72 Å². The molecule has 0 aliphatic heterocycles. The van der Waals surface area contributed by atoms with Gasteiger partial charge in [-0.25, -0.2) is 17.5 Å². The van der Waals surface area contributed by atoms with E-state index in [1.807, 2.05) is 0 Å². The fourth-order valence-corrected chi connectivity index (χ4v) is 5.05. The van der Waals surface area contributed by atoms with Gasteiger partial charge in [-0.15, -0.1) is 0 Å². The Hall–Kier alpha value is -2.71. The van der Waals surface area contributed by atoms with Gasteiger partial charge in [0.2, 0.25) is 10.0 Å². The van der Waals surface area contributed by atoms with Crippen LogP contribution in [0.5, 0.6) is 5.75 Å². The molecular formula is C24H29FN2O4S. The highest BCUT2D eigenvalue weighted by molar-refractivity contribution is 7.89. The zero-order chi connectivity index (χ0) is 23.1. The quantitative estimate of drug-likeness (QED) is 0.617. The third-order valence-corrected chi connectivity index (χ3v) is 7.22. The molecule has 0 bridgehead atoms. The lowest BCUT2D eigenvalue weighted by molar-refractivity contribution is -0.113. The molecular weight excluding hydrogens is 431 g/mol. The van der Waals surface area contributed by atoms with Crippen molar-refractivity contribution in [2.24, 2.45) is 0 Å². The van der Waals surface area contributed by atoms with E-state index in [0.29, 0.717) is 11.3 Å². The number of nitrogens with one attached hydrogen (secondary N) is 1. The Morgan fingerprint density at radius 3 is 2.31 bits per heavy atom. The van der Waals surface area contributed by atoms with Crippen LogP contribution >= 0.6 is 0 Å². The zero-order valence-electron chi connectivity index (χ0n) is 18.1. The van der Waals surface area contributed by atoms with Crippen LogP contribution in [0.2, 0.25) is 0 Å². The van der Waals surface area contributed by atoms with E-state index in [2.05, 4.69) is 4.72 Å². The molecule has 0 aromatic heterocycles. The van der Waals surface area contributed by atoms with Gasteiger partial charge in [0.15, 0.2) is 11.6 Å². The SMILES string of the molecule is CN(C(=O)/C=C/c1ccc(O)c(F)c1)c1ccc(S(=O)(=O)NC2CCCCCCC2)cc1. The number of nitrogens with zero attached hydrogens (tertiary/aromatic N) is 1. The summed E-state index contributed by atoms with van der Waals surface area (Å²) in [4.78, 5) is 14.0. The molecule has 0 spiro atoms. The van der Waals surface area contributed by atoms with Crippen molar-refractivity contribution in [1.29, 1.82) is 0 Å². The minimum atomic E-state index is -3.63. The van der Waals surface area contributed by atoms with Crippen molar-refractivity contribution in [2.75, 3.05) is 11.9 Å². The van der Waals surface area contributed by atoms with Crippen LogP contribution in [0.3, 0.4) is 0 Å². The molecule has 0 atom stereocenters. The van der Waals surface area contributed by atoms with Crippen LogP contribution in [-0.2, 0) is 14.8 Å². The molecule has 1 aliphatic rings. The molecule has 2 aromatic carbocycles. The predicted octanol–water partition coefficient (Wildman–Crippen LogP) is 4.60. The number of carbonyl (C=O) groups excluding carboxylic acids is 1. The van der Waals surface area contributed by atoms with Crippen LogP contribution in [0.1, 0.15) is 50.5 Å². The van der Waals surface area contributed by atoms with E-state index in [-0.39, 0.29) is 16.8 Å². The lowest BCUT2D eigenvalue weighted by Gasteiger charge is -2.21. The Balaban J connectivity index is 1.64. The number of sulfonamides is 1. The molecule has 0 radical (unpaired) electrons. The molecule has 0 saturated heterocycles. The normalized spacial score (nSPS) is 15.9. The average Bonchev–Trinajstić information content (AvgIpc) is 2.75. The third kappa shape index (κ3) is 6.40. The average molecular weight is 461 g/mol. The second-order valence-corrected chi connectivity index (χ2v) is 9.81. The molecule has 8 heteroatoms. The van der Waals surface area contributed by atoms with Gasteiger partial charge in [-0.1, -0.05) is 38.2 Å². The number of phenols is 1. The molecule has 0 heterocycles. The predicted molar refractivity (Wildman–Crippen MR) is 123 cm³/mol. The standard InChI is InChI=1S/C24H29FN2O4S/c1-27(24(29)16-10-18-9-15-23(28)22(25)17-18)20-11-13-21(14-12-20)32(30,31)26-19-7-5-3-2-4-6-8-19/h9-17,19,26,28H,2-8H2,1H3/b16-10+. The summed E-state index contributed by atoms with van der Waals surface area (Å²) in [5.74, 6) is -1.58. The van der Waals surface area contributed by atoms with Gasteiger partial charge in [0.05, 0.1) is 4.90 Å². The largest absolute Gasteiger partial charge is 0.505 e. The van der Waals surface area contributed by atoms with E-state index in [9.17, 15) is 22.7 Å². The van der Waals surface area contributed by atoms with Gasteiger partial charge in [0, 0.05) is 24.9 Å². The number of aromatic hydroxyl groups is 1. The number of phenolic OH excluding ortho intramolecular Hbond substituents is 1. The van der Waals surface area contributed by atoms with Crippen molar-refractivity contribution in [3.8, 4) is 5.75 Å². The molecule has 172 valence electrons. The number of hydrogen-bond donors (Lipinski definition) is 2. The molecule has 2 aromatic rings. The molecule has 6 nitrogen and oxygen atoms in total. The maximum absolute atomic E-state index is 13.4. The number of anilines is 1. The van der Waals surface area contributed by atoms with Gasteiger partial charge >= 0.3 is 0 Å². The van der Waals surface area contributed by atoms with E-state index < -0.39 is 21.6 Å².